The Morgan fingerprint density at radius 1 is 1.53 bits per heavy atom. The third kappa shape index (κ3) is 3.54. The summed E-state index contributed by atoms with van der Waals surface area (Å²) in [5.74, 6) is 1.91. The van der Waals surface area contributed by atoms with Crippen molar-refractivity contribution in [2.75, 3.05) is 17.3 Å². The second-order valence-electron chi connectivity index (χ2n) is 3.35. The second kappa shape index (κ2) is 6.18. The Hall–Kier alpha value is -0.480. The van der Waals surface area contributed by atoms with Crippen LogP contribution in [0, 0.1) is 0 Å². The molecule has 1 atom stereocenters. The molecule has 1 rings (SSSR count). The minimum atomic E-state index is 0.385. The van der Waals surface area contributed by atoms with Crippen LogP contribution in [0.5, 0.6) is 0 Å². The monoisotopic (exact) mass is 245 g/mol. The van der Waals surface area contributed by atoms with Gasteiger partial charge in [0.1, 0.15) is 17.3 Å². The van der Waals surface area contributed by atoms with Crippen molar-refractivity contribution in [2.24, 2.45) is 0 Å². The lowest BCUT2D eigenvalue weighted by Crippen LogP contribution is -2.19. The summed E-state index contributed by atoms with van der Waals surface area (Å²) in [6.07, 6.45) is 4.43. The highest BCUT2D eigenvalue weighted by Crippen LogP contribution is 2.21. The minimum absolute atomic E-state index is 0.385. The Morgan fingerprint density at radius 2 is 2.27 bits per heavy atom. The van der Waals surface area contributed by atoms with Crippen molar-refractivity contribution >= 4 is 29.2 Å². The first-order valence-electron chi connectivity index (χ1n) is 4.93. The van der Waals surface area contributed by atoms with Crippen LogP contribution in [0.15, 0.2) is 6.33 Å². The summed E-state index contributed by atoms with van der Waals surface area (Å²) >= 11 is 7.80. The molecule has 0 aliphatic rings. The summed E-state index contributed by atoms with van der Waals surface area (Å²) in [7, 11) is 0. The second-order valence-corrected chi connectivity index (χ2v) is 4.61. The van der Waals surface area contributed by atoms with Gasteiger partial charge < -0.3 is 5.32 Å². The number of halogens is 1. The largest absolute Gasteiger partial charge is 0.366 e. The van der Waals surface area contributed by atoms with Gasteiger partial charge in [0.2, 0.25) is 0 Å². The van der Waals surface area contributed by atoms with Crippen molar-refractivity contribution in [2.45, 2.75) is 26.3 Å². The lowest BCUT2D eigenvalue weighted by Gasteiger charge is -2.15. The van der Waals surface area contributed by atoms with Crippen molar-refractivity contribution in [1.29, 1.82) is 0 Å². The van der Waals surface area contributed by atoms with Crippen LogP contribution in [0.4, 0.5) is 5.82 Å². The van der Waals surface area contributed by atoms with E-state index in [0.29, 0.717) is 11.2 Å². The fraction of sp³-hybridized carbons (Fsp3) is 0.600. The lowest BCUT2D eigenvalue weighted by molar-refractivity contribution is 0.888. The highest BCUT2D eigenvalue weighted by atomic mass is 35.5. The third-order valence-corrected chi connectivity index (χ3v) is 3.21. The maximum Gasteiger partial charge on any atom is 0.137 e. The van der Waals surface area contributed by atoms with E-state index >= 15 is 0 Å². The number of thioether (sulfide) groups is 1. The molecule has 0 saturated heterocycles. The van der Waals surface area contributed by atoms with Crippen LogP contribution >= 0.6 is 23.4 Å². The van der Waals surface area contributed by atoms with Gasteiger partial charge >= 0.3 is 0 Å². The fourth-order valence-corrected chi connectivity index (χ4v) is 2.20. The van der Waals surface area contributed by atoms with Crippen LogP contribution in [-0.2, 0) is 6.42 Å². The number of nitrogens with zero attached hydrogens (tertiary/aromatic N) is 2. The summed E-state index contributed by atoms with van der Waals surface area (Å²) in [6, 6.07) is 0.385. The van der Waals surface area contributed by atoms with E-state index in [1.165, 1.54) is 6.33 Å². The number of anilines is 1. The predicted octanol–water partition coefficient (Wildman–Crippen LogP) is 2.86. The Bertz CT molecular complexity index is 320. The standard InChI is InChI=1S/C10H16ClN3S/c1-4-8-9(11)12-6-13-10(8)14-7(2)5-15-3/h6-7H,4-5H2,1-3H3,(H,12,13,14). The van der Waals surface area contributed by atoms with Gasteiger partial charge in [-0.05, 0) is 19.6 Å². The zero-order valence-corrected chi connectivity index (χ0v) is 10.8. The number of hydrogen-bond donors (Lipinski definition) is 1. The van der Waals surface area contributed by atoms with Gasteiger partial charge in [0.25, 0.3) is 0 Å². The highest BCUT2D eigenvalue weighted by Gasteiger charge is 2.09. The normalized spacial score (nSPS) is 12.5. The average molecular weight is 246 g/mol. The van der Waals surface area contributed by atoms with E-state index in [2.05, 4.69) is 35.4 Å². The van der Waals surface area contributed by atoms with Crippen LogP contribution in [0.2, 0.25) is 5.15 Å². The number of hydrogen-bond acceptors (Lipinski definition) is 4. The lowest BCUT2D eigenvalue weighted by atomic mass is 10.2. The van der Waals surface area contributed by atoms with E-state index in [9.17, 15) is 0 Å². The third-order valence-electron chi connectivity index (χ3n) is 2.05. The van der Waals surface area contributed by atoms with E-state index in [1.54, 1.807) is 0 Å². The van der Waals surface area contributed by atoms with Crippen LogP contribution in [-0.4, -0.2) is 28.0 Å². The fourth-order valence-electron chi connectivity index (χ4n) is 1.35. The Balaban J connectivity index is 2.80. The molecule has 0 radical (unpaired) electrons. The van der Waals surface area contributed by atoms with Crippen molar-refractivity contribution in [1.82, 2.24) is 9.97 Å². The quantitative estimate of drug-likeness (QED) is 0.810. The molecule has 1 aromatic heterocycles. The molecule has 0 fully saturated rings. The van der Waals surface area contributed by atoms with Gasteiger partial charge in [0, 0.05) is 17.4 Å². The summed E-state index contributed by atoms with van der Waals surface area (Å²) in [5.41, 5.74) is 0.993. The summed E-state index contributed by atoms with van der Waals surface area (Å²) in [4.78, 5) is 8.19. The molecule has 1 aromatic rings. The molecule has 0 amide bonds. The molecule has 0 saturated carbocycles. The van der Waals surface area contributed by atoms with E-state index in [-0.39, 0.29) is 0 Å². The number of aromatic nitrogens is 2. The Kier molecular flexibility index (Phi) is 5.19. The van der Waals surface area contributed by atoms with E-state index in [4.69, 9.17) is 11.6 Å². The maximum absolute atomic E-state index is 5.99. The molecule has 0 spiro atoms. The van der Waals surface area contributed by atoms with Gasteiger partial charge in [-0.2, -0.15) is 11.8 Å². The van der Waals surface area contributed by atoms with E-state index < -0.39 is 0 Å². The first kappa shape index (κ1) is 12.6. The molecular weight excluding hydrogens is 230 g/mol. The predicted molar refractivity (Wildman–Crippen MR) is 67.9 cm³/mol. The Labute approximate surface area is 100 Å². The Morgan fingerprint density at radius 3 is 2.87 bits per heavy atom. The first-order valence-corrected chi connectivity index (χ1v) is 6.71. The summed E-state index contributed by atoms with van der Waals surface area (Å²) in [6.45, 7) is 4.18. The van der Waals surface area contributed by atoms with E-state index in [0.717, 1.165) is 23.6 Å². The highest BCUT2D eigenvalue weighted by molar-refractivity contribution is 7.98. The van der Waals surface area contributed by atoms with Gasteiger partial charge in [-0.25, -0.2) is 9.97 Å². The van der Waals surface area contributed by atoms with Crippen molar-refractivity contribution in [3.63, 3.8) is 0 Å². The number of nitrogens with one attached hydrogen (secondary N) is 1. The smallest absolute Gasteiger partial charge is 0.137 e. The molecule has 5 heteroatoms. The van der Waals surface area contributed by atoms with Crippen molar-refractivity contribution in [3.8, 4) is 0 Å². The maximum atomic E-state index is 5.99. The van der Waals surface area contributed by atoms with Gasteiger partial charge in [-0.3, -0.25) is 0 Å². The van der Waals surface area contributed by atoms with Gasteiger partial charge in [-0.15, -0.1) is 0 Å². The van der Waals surface area contributed by atoms with Gasteiger partial charge in [0.05, 0.1) is 0 Å². The molecule has 1 N–H and O–H groups in total. The van der Waals surface area contributed by atoms with Crippen molar-refractivity contribution < 1.29 is 0 Å². The molecular formula is C10H16ClN3S. The average Bonchev–Trinajstić information content (AvgIpc) is 2.18. The number of rotatable bonds is 5. The molecule has 3 nitrogen and oxygen atoms in total. The molecule has 15 heavy (non-hydrogen) atoms. The molecule has 1 heterocycles. The molecule has 0 aliphatic heterocycles. The zero-order chi connectivity index (χ0) is 11.3. The van der Waals surface area contributed by atoms with E-state index in [1.807, 2.05) is 11.8 Å². The molecule has 0 bridgehead atoms. The summed E-state index contributed by atoms with van der Waals surface area (Å²) < 4.78 is 0. The van der Waals surface area contributed by atoms with Gasteiger partial charge in [0.15, 0.2) is 0 Å². The van der Waals surface area contributed by atoms with Crippen molar-refractivity contribution in [3.05, 3.63) is 17.0 Å². The molecule has 84 valence electrons. The molecule has 0 aromatic carbocycles. The molecule has 0 aliphatic carbocycles. The van der Waals surface area contributed by atoms with Gasteiger partial charge in [-0.1, -0.05) is 18.5 Å². The van der Waals surface area contributed by atoms with Crippen LogP contribution in [0.1, 0.15) is 19.4 Å². The topological polar surface area (TPSA) is 37.8 Å². The van der Waals surface area contributed by atoms with Crippen LogP contribution < -0.4 is 5.32 Å². The van der Waals surface area contributed by atoms with Crippen LogP contribution in [0.25, 0.3) is 0 Å². The minimum Gasteiger partial charge on any atom is -0.366 e. The van der Waals surface area contributed by atoms with Crippen LogP contribution in [0.3, 0.4) is 0 Å². The SMILES string of the molecule is CCc1c(Cl)ncnc1NC(C)CSC. The zero-order valence-electron chi connectivity index (χ0n) is 9.25. The molecule has 1 unspecified atom stereocenters. The first-order chi connectivity index (χ1) is 7.19. The summed E-state index contributed by atoms with van der Waals surface area (Å²) in [5, 5.41) is 3.89.